The van der Waals surface area contributed by atoms with Gasteiger partial charge in [-0.05, 0) is 65.2 Å². The minimum atomic E-state index is -1.24. The number of fused-ring (bicyclic) bond motifs is 1. The lowest BCUT2D eigenvalue weighted by Crippen LogP contribution is -2.39. The Morgan fingerprint density at radius 1 is 0.839 bits per heavy atom. The topological polar surface area (TPSA) is 212 Å². The highest BCUT2D eigenvalue weighted by Crippen LogP contribution is 2.43. The second kappa shape index (κ2) is 19.0. The molecular formula is C45H45N5O12. The first kappa shape index (κ1) is 42.9. The average molecular weight is 848 g/mol. The van der Waals surface area contributed by atoms with Gasteiger partial charge in [0.2, 0.25) is 11.9 Å². The van der Waals surface area contributed by atoms with Crippen molar-refractivity contribution >= 4 is 35.0 Å². The van der Waals surface area contributed by atoms with Crippen LogP contribution in [-0.2, 0) is 34.2 Å². The molecule has 1 fully saturated rings. The summed E-state index contributed by atoms with van der Waals surface area (Å²) in [7, 11) is 3.18. The molecule has 17 nitrogen and oxygen atoms in total. The Hall–Kier alpha value is -7.24. The minimum absolute atomic E-state index is 0.0132. The molecular weight excluding hydrogens is 803 g/mol. The molecule has 7 rings (SSSR count). The number of H-pyrrole nitrogens is 1. The van der Waals surface area contributed by atoms with Crippen molar-refractivity contribution < 1.29 is 52.6 Å². The largest absolute Gasteiger partial charge is 0.497 e. The molecule has 2 aromatic heterocycles. The monoisotopic (exact) mass is 847 g/mol. The van der Waals surface area contributed by atoms with Crippen LogP contribution in [0.3, 0.4) is 0 Å². The van der Waals surface area contributed by atoms with Crippen LogP contribution in [0.25, 0.3) is 11.2 Å². The molecule has 322 valence electrons. The molecule has 1 aliphatic heterocycles. The molecule has 4 aromatic carbocycles. The number of aromatic amines is 1. The Bertz CT molecular complexity index is 2490. The van der Waals surface area contributed by atoms with Gasteiger partial charge in [0.15, 0.2) is 24.4 Å². The molecule has 0 spiro atoms. The summed E-state index contributed by atoms with van der Waals surface area (Å²) < 4.78 is 43.3. The number of rotatable bonds is 18. The van der Waals surface area contributed by atoms with Gasteiger partial charge >= 0.3 is 11.9 Å². The number of ether oxygens (including phenoxy) is 7. The number of benzene rings is 4. The third-order valence-corrected chi connectivity index (χ3v) is 10.2. The number of methoxy groups -OCH3 is 2. The number of nitrogens with one attached hydrogen (secondary N) is 2. The fraction of sp³-hybridized carbons (Fsp3) is 0.289. The number of carbonyl (C=O) groups is 3. The van der Waals surface area contributed by atoms with E-state index in [9.17, 15) is 19.2 Å². The summed E-state index contributed by atoms with van der Waals surface area (Å²) in [5.74, 6) is -0.685. The molecule has 1 aliphatic rings. The minimum Gasteiger partial charge on any atom is -0.497 e. The van der Waals surface area contributed by atoms with Crippen molar-refractivity contribution in [2.45, 2.75) is 44.3 Å². The van der Waals surface area contributed by atoms with E-state index in [1.165, 1.54) is 30.6 Å². The second-order valence-corrected chi connectivity index (χ2v) is 14.5. The number of hydrogen-bond donors (Lipinski definition) is 3. The van der Waals surface area contributed by atoms with E-state index in [0.29, 0.717) is 23.0 Å². The van der Waals surface area contributed by atoms with E-state index in [-0.39, 0.29) is 42.0 Å². The summed E-state index contributed by atoms with van der Waals surface area (Å²) in [6.45, 7) is 2.33. The van der Waals surface area contributed by atoms with Gasteiger partial charge in [0.1, 0.15) is 47.0 Å². The molecule has 62 heavy (non-hydrogen) atoms. The molecule has 3 atom stereocenters. The first-order chi connectivity index (χ1) is 30.0. The summed E-state index contributed by atoms with van der Waals surface area (Å²) in [5.41, 5.74) is 0.679. The van der Waals surface area contributed by atoms with Crippen LogP contribution in [0.4, 0.5) is 5.95 Å². The Balaban J connectivity index is 1.22. The molecule has 1 saturated heterocycles. The van der Waals surface area contributed by atoms with Gasteiger partial charge in [-0.3, -0.25) is 24.5 Å². The lowest BCUT2D eigenvalue weighted by atomic mass is 9.80. The Morgan fingerprint density at radius 3 is 1.97 bits per heavy atom. The summed E-state index contributed by atoms with van der Waals surface area (Å²) >= 11 is 0. The number of carboxylic acids is 1. The third-order valence-electron chi connectivity index (χ3n) is 10.2. The Kier molecular flexibility index (Phi) is 13.1. The van der Waals surface area contributed by atoms with Gasteiger partial charge in [-0.15, -0.1) is 0 Å². The highest BCUT2D eigenvalue weighted by molar-refractivity contribution is 5.91. The zero-order valence-electron chi connectivity index (χ0n) is 34.3. The number of aliphatic carboxylic acids is 1. The molecule has 3 heterocycles. The number of aromatic nitrogens is 4. The van der Waals surface area contributed by atoms with Crippen LogP contribution in [0.2, 0.25) is 0 Å². The number of imidazole rings is 1. The van der Waals surface area contributed by atoms with E-state index in [2.05, 4.69) is 20.3 Å². The number of nitrogens with zero attached hydrogens (tertiary/aromatic N) is 3. The fourth-order valence-corrected chi connectivity index (χ4v) is 7.01. The maximum absolute atomic E-state index is 13.5. The number of carbonyl (C=O) groups excluding carboxylic acids is 2. The standard InChI is InChI=1S/C45H45N5O12/c1-27(2)42(54)48-44-47-41-40(43(55)49-44)46-26-50(41)37-22-35(62-39(53)25-59-34-20-18-33(19-21-34)58-24-38(51)52)36(61-37)23-60-45(28-8-6-5-7-9-28,29-10-14-31(56-3)15-11-29)30-12-16-32(57-4)17-13-30/h5-21,26-27,35-37H,22-25H2,1-4H3,(H,51,52)(H2,47,48,49,54,55)/t35-,36+,37+/m0/s1. The Morgan fingerprint density at radius 2 is 1.40 bits per heavy atom. The maximum atomic E-state index is 13.5. The molecule has 1 amide bonds. The van der Waals surface area contributed by atoms with Gasteiger partial charge in [-0.1, -0.05) is 68.4 Å². The van der Waals surface area contributed by atoms with Crippen molar-refractivity contribution in [2.24, 2.45) is 5.92 Å². The van der Waals surface area contributed by atoms with E-state index in [4.69, 9.17) is 38.3 Å². The highest BCUT2D eigenvalue weighted by Gasteiger charge is 2.44. The maximum Gasteiger partial charge on any atom is 0.344 e. The normalized spacial score (nSPS) is 16.2. The van der Waals surface area contributed by atoms with Gasteiger partial charge in [0.05, 0.1) is 27.2 Å². The quantitative estimate of drug-likeness (QED) is 0.0723. The first-order valence-corrected chi connectivity index (χ1v) is 19.7. The molecule has 6 aromatic rings. The lowest BCUT2D eigenvalue weighted by molar-refractivity contribution is -0.158. The molecule has 0 radical (unpaired) electrons. The fourth-order valence-electron chi connectivity index (χ4n) is 7.01. The summed E-state index contributed by atoms with van der Waals surface area (Å²) in [6, 6.07) is 30.9. The first-order valence-electron chi connectivity index (χ1n) is 19.7. The van der Waals surface area contributed by atoms with Crippen molar-refractivity contribution in [3.05, 3.63) is 136 Å². The molecule has 0 saturated carbocycles. The van der Waals surface area contributed by atoms with Gasteiger partial charge in [0.25, 0.3) is 5.56 Å². The van der Waals surface area contributed by atoms with Crippen molar-refractivity contribution in [2.75, 3.05) is 39.4 Å². The summed E-state index contributed by atoms with van der Waals surface area (Å²) in [6.07, 6.45) is -1.17. The molecule has 0 unspecified atom stereocenters. The van der Waals surface area contributed by atoms with Crippen molar-refractivity contribution in [1.29, 1.82) is 0 Å². The number of esters is 1. The molecule has 0 bridgehead atoms. The van der Waals surface area contributed by atoms with Crippen LogP contribution in [0.1, 0.15) is 43.2 Å². The zero-order valence-corrected chi connectivity index (χ0v) is 34.3. The van der Waals surface area contributed by atoms with Crippen LogP contribution in [0.5, 0.6) is 23.0 Å². The molecule has 3 N–H and O–H groups in total. The highest BCUT2D eigenvalue weighted by atomic mass is 16.6. The predicted octanol–water partition coefficient (Wildman–Crippen LogP) is 5.48. The van der Waals surface area contributed by atoms with Crippen LogP contribution in [0.15, 0.2) is 114 Å². The Labute approximate surface area is 355 Å². The van der Waals surface area contributed by atoms with Crippen LogP contribution < -0.4 is 29.8 Å². The molecule has 17 heteroatoms. The van der Waals surface area contributed by atoms with Gasteiger partial charge in [-0.25, -0.2) is 14.6 Å². The van der Waals surface area contributed by atoms with Crippen molar-refractivity contribution in [1.82, 2.24) is 19.5 Å². The number of carboxylic acid groups (broad SMARTS) is 1. The lowest BCUT2D eigenvalue weighted by Gasteiger charge is -2.37. The number of amides is 1. The van der Waals surface area contributed by atoms with Crippen molar-refractivity contribution in [3.8, 4) is 23.0 Å². The van der Waals surface area contributed by atoms with E-state index in [1.807, 2.05) is 78.9 Å². The van der Waals surface area contributed by atoms with E-state index in [1.54, 1.807) is 32.6 Å². The van der Waals surface area contributed by atoms with Gasteiger partial charge in [0, 0.05) is 12.3 Å². The van der Waals surface area contributed by atoms with E-state index in [0.717, 1.165) is 16.7 Å². The summed E-state index contributed by atoms with van der Waals surface area (Å²) in [5, 5.41) is 11.5. The van der Waals surface area contributed by atoms with Gasteiger partial charge < -0.3 is 38.3 Å². The van der Waals surface area contributed by atoms with Crippen LogP contribution in [0, 0.1) is 5.92 Å². The van der Waals surface area contributed by atoms with Crippen molar-refractivity contribution in [3.63, 3.8) is 0 Å². The third kappa shape index (κ3) is 9.53. The zero-order chi connectivity index (χ0) is 43.8. The second-order valence-electron chi connectivity index (χ2n) is 14.5. The molecule has 0 aliphatic carbocycles. The van der Waals surface area contributed by atoms with Gasteiger partial charge in [-0.2, -0.15) is 4.98 Å². The smallest absolute Gasteiger partial charge is 0.344 e. The van der Waals surface area contributed by atoms with E-state index < -0.39 is 54.7 Å². The SMILES string of the molecule is COc1ccc(C(OC[C@H]2O[C@@H](n3cnc4c(=O)[nH]c(NC(=O)C(C)C)nc43)C[C@@H]2OC(=O)COc2ccc(OCC(=O)O)cc2)(c2ccccc2)c2ccc(OC)cc2)cc1. The van der Waals surface area contributed by atoms with Crippen LogP contribution >= 0.6 is 0 Å². The van der Waals surface area contributed by atoms with E-state index >= 15 is 0 Å². The average Bonchev–Trinajstić information content (AvgIpc) is 3.90. The predicted molar refractivity (Wildman–Crippen MR) is 223 cm³/mol. The number of anilines is 1. The number of hydrogen-bond acceptors (Lipinski definition) is 13. The van der Waals surface area contributed by atoms with Crippen LogP contribution in [-0.4, -0.2) is 88.7 Å². The summed E-state index contributed by atoms with van der Waals surface area (Å²) in [4.78, 5) is 61.4.